The van der Waals surface area contributed by atoms with E-state index in [0.717, 1.165) is 0 Å². The van der Waals surface area contributed by atoms with Crippen LogP contribution >= 0.6 is 0 Å². The van der Waals surface area contributed by atoms with E-state index < -0.39 is 5.76 Å². The van der Waals surface area contributed by atoms with Crippen LogP contribution in [0.1, 0.15) is 17.3 Å². The van der Waals surface area contributed by atoms with Gasteiger partial charge in [-0.25, -0.2) is 9.78 Å². The van der Waals surface area contributed by atoms with Crippen molar-refractivity contribution < 1.29 is 18.7 Å². The summed E-state index contributed by atoms with van der Waals surface area (Å²) < 4.78 is 11.7. The van der Waals surface area contributed by atoms with Gasteiger partial charge in [-0.05, 0) is 37.3 Å². The topological polar surface area (TPSA) is 94.6 Å². The molecule has 8 nitrogen and oxygen atoms in total. The number of pyridine rings is 1. The zero-order valence-electron chi connectivity index (χ0n) is 14.0. The summed E-state index contributed by atoms with van der Waals surface area (Å²) in [6.45, 7) is 2.10. The van der Waals surface area contributed by atoms with Crippen LogP contribution in [-0.4, -0.2) is 34.4 Å². The minimum Gasteiger partial charge on any atom is -0.482 e. The van der Waals surface area contributed by atoms with Gasteiger partial charge in [0.05, 0.1) is 12.2 Å². The summed E-state index contributed by atoms with van der Waals surface area (Å²) in [4.78, 5) is 42.3. The molecule has 1 aliphatic heterocycles. The largest absolute Gasteiger partial charge is 0.482 e. The van der Waals surface area contributed by atoms with Crippen molar-refractivity contribution in [3.05, 3.63) is 52.6 Å². The maximum absolute atomic E-state index is 12.7. The molecule has 0 saturated carbocycles. The summed E-state index contributed by atoms with van der Waals surface area (Å²) in [5.41, 5.74) is 1.57. The zero-order chi connectivity index (χ0) is 18.3. The molecule has 0 fully saturated rings. The van der Waals surface area contributed by atoms with E-state index in [1.165, 1.54) is 10.8 Å². The number of oxazole rings is 1. The first-order valence-corrected chi connectivity index (χ1v) is 8.13. The van der Waals surface area contributed by atoms with E-state index in [9.17, 15) is 14.4 Å². The Bertz CT molecular complexity index is 1080. The Morgan fingerprint density at radius 3 is 2.92 bits per heavy atom. The normalized spacial score (nSPS) is 13.6. The highest BCUT2D eigenvalue weighted by Crippen LogP contribution is 2.33. The van der Waals surface area contributed by atoms with Crippen molar-refractivity contribution >= 4 is 28.6 Å². The van der Waals surface area contributed by atoms with Gasteiger partial charge in [-0.3, -0.25) is 14.2 Å². The van der Waals surface area contributed by atoms with Crippen LogP contribution in [0.25, 0.3) is 11.2 Å². The number of nitrogens with zero attached hydrogens (tertiary/aromatic N) is 3. The molecular formula is C18H15N3O5. The van der Waals surface area contributed by atoms with E-state index >= 15 is 0 Å². The number of aromatic nitrogens is 2. The summed E-state index contributed by atoms with van der Waals surface area (Å²) in [5, 5.41) is 0. The van der Waals surface area contributed by atoms with Crippen molar-refractivity contribution in [1.82, 2.24) is 9.55 Å². The fraction of sp³-hybridized carbons (Fsp3) is 0.222. The van der Waals surface area contributed by atoms with Crippen molar-refractivity contribution in [3.8, 4) is 5.75 Å². The SMILES string of the molecule is CCN1C(=O)COc2ccc(C(=O)Cn3c(=O)oc4cccnc43)cc21. The van der Waals surface area contributed by atoms with Crippen LogP contribution in [0.5, 0.6) is 5.75 Å². The average Bonchev–Trinajstić information content (AvgIpc) is 2.96. The Morgan fingerprint density at radius 1 is 1.27 bits per heavy atom. The van der Waals surface area contributed by atoms with E-state index in [4.69, 9.17) is 9.15 Å². The predicted molar refractivity (Wildman–Crippen MR) is 92.6 cm³/mol. The van der Waals surface area contributed by atoms with Crippen molar-refractivity contribution in [2.45, 2.75) is 13.5 Å². The Balaban J connectivity index is 1.69. The molecule has 0 atom stereocenters. The standard InChI is InChI=1S/C18H15N3O5/c1-2-20-12-8-11(5-6-14(12)25-10-16(20)23)13(22)9-21-17-15(26-18(21)24)4-3-7-19-17/h3-8H,2,9-10H2,1H3. The summed E-state index contributed by atoms with van der Waals surface area (Å²) in [7, 11) is 0. The van der Waals surface area contributed by atoms with Crippen molar-refractivity contribution in [2.75, 3.05) is 18.1 Å². The maximum atomic E-state index is 12.7. The molecule has 0 saturated heterocycles. The molecule has 132 valence electrons. The summed E-state index contributed by atoms with van der Waals surface area (Å²) >= 11 is 0. The number of ketones is 1. The lowest BCUT2D eigenvalue weighted by Crippen LogP contribution is -2.38. The molecule has 0 N–H and O–H groups in total. The molecule has 0 radical (unpaired) electrons. The fourth-order valence-corrected chi connectivity index (χ4v) is 3.00. The molecule has 3 aromatic rings. The molecule has 0 unspecified atom stereocenters. The number of benzene rings is 1. The van der Waals surface area contributed by atoms with Gasteiger partial charge in [0.2, 0.25) is 0 Å². The van der Waals surface area contributed by atoms with E-state index in [1.807, 2.05) is 6.92 Å². The highest BCUT2D eigenvalue weighted by molar-refractivity contribution is 6.02. The quantitative estimate of drug-likeness (QED) is 0.662. The van der Waals surface area contributed by atoms with Crippen LogP contribution in [-0.2, 0) is 11.3 Å². The van der Waals surface area contributed by atoms with Crippen molar-refractivity contribution in [1.29, 1.82) is 0 Å². The predicted octanol–water partition coefficient (Wildman–Crippen LogP) is 1.62. The molecule has 0 bridgehead atoms. The number of likely N-dealkylation sites (N-methyl/N-ethyl adjacent to an activating group) is 1. The van der Waals surface area contributed by atoms with E-state index in [1.54, 1.807) is 35.2 Å². The van der Waals surface area contributed by atoms with Gasteiger partial charge in [0.1, 0.15) is 5.75 Å². The lowest BCUT2D eigenvalue weighted by Gasteiger charge is -2.28. The van der Waals surface area contributed by atoms with Crippen LogP contribution < -0.4 is 15.4 Å². The number of Topliss-reactive ketones (excluding diaryl/α,β-unsaturated/α-hetero) is 1. The third kappa shape index (κ3) is 2.55. The lowest BCUT2D eigenvalue weighted by atomic mass is 10.1. The minimum absolute atomic E-state index is 0.0177. The molecule has 4 rings (SSSR count). The monoisotopic (exact) mass is 353 g/mol. The van der Waals surface area contributed by atoms with Crippen LogP contribution in [0, 0.1) is 0 Å². The van der Waals surface area contributed by atoms with Gasteiger partial charge in [-0.1, -0.05) is 0 Å². The van der Waals surface area contributed by atoms with E-state index in [2.05, 4.69) is 4.98 Å². The first-order chi connectivity index (χ1) is 12.6. The van der Waals surface area contributed by atoms with Gasteiger partial charge < -0.3 is 14.1 Å². The Morgan fingerprint density at radius 2 is 2.12 bits per heavy atom. The smallest absolute Gasteiger partial charge is 0.421 e. The molecule has 1 aromatic carbocycles. The minimum atomic E-state index is -0.640. The molecule has 26 heavy (non-hydrogen) atoms. The Kier molecular flexibility index (Phi) is 3.80. The number of amides is 1. The van der Waals surface area contributed by atoms with Gasteiger partial charge in [-0.2, -0.15) is 0 Å². The van der Waals surface area contributed by atoms with Crippen LogP contribution in [0.2, 0.25) is 0 Å². The van der Waals surface area contributed by atoms with Crippen LogP contribution in [0.3, 0.4) is 0 Å². The van der Waals surface area contributed by atoms with Crippen molar-refractivity contribution in [3.63, 3.8) is 0 Å². The number of rotatable bonds is 4. The third-order valence-corrected chi connectivity index (χ3v) is 4.27. The second-order valence-electron chi connectivity index (χ2n) is 5.81. The molecule has 1 aliphatic rings. The number of anilines is 1. The molecular weight excluding hydrogens is 338 g/mol. The number of carbonyl (C=O) groups is 2. The third-order valence-electron chi connectivity index (χ3n) is 4.27. The molecule has 3 heterocycles. The number of hydrogen-bond acceptors (Lipinski definition) is 6. The van der Waals surface area contributed by atoms with Crippen molar-refractivity contribution in [2.24, 2.45) is 0 Å². The van der Waals surface area contributed by atoms with Gasteiger partial charge in [0, 0.05) is 18.3 Å². The van der Waals surface area contributed by atoms with Gasteiger partial charge in [0.15, 0.2) is 23.6 Å². The summed E-state index contributed by atoms with van der Waals surface area (Å²) in [6, 6.07) is 8.15. The summed E-state index contributed by atoms with van der Waals surface area (Å²) in [6.07, 6.45) is 1.53. The number of fused-ring (bicyclic) bond motifs is 2. The zero-order valence-corrected chi connectivity index (χ0v) is 14.0. The number of hydrogen-bond donors (Lipinski definition) is 0. The number of ether oxygens (including phenoxy) is 1. The maximum Gasteiger partial charge on any atom is 0.421 e. The second-order valence-corrected chi connectivity index (χ2v) is 5.81. The molecule has 0 aliphatic carbocycles. The molecule has 1 amide bonds. The Hall–Kier alpha value is -3.42. The van der Waals surface area contributed by atoms with Gasteiger partial charge in [-0.15, -0.1) is 0 Å². The van der Waals surface area contributed by atoms with Gasteiger partial charge in [0.25, 0.3) is 5.91 Å². The average molecular weight is 353 g/mol. The second kappa shape index (κ2) is 6.14. The molecule has 0 spiro atoms. The highest BCUT2D eigenvalue weighted by atomic mass is 16.5. The number of carbonyl (C=O) groups excluding carboxylic acids is 2. The van der Waals surface area contributed by atoms with Crippen LogP contribution in [0.15, 0.2) is 45.7 Å². The highest BCUT2D eigenvalue weighted by Gasteiger charge is 2.25. The van der Waals surface area contributed by atoms with E-state index in [-0.39, 0.29) is 24.8 Å². The lowest BCUT2D eigenvalue weighted by molar-refractivity contribution is -0.121. The molecule has 8 heteroatoms. The fourth-order valence-electron chi connectivity index (χ4n) is 3.00. The van der Waals surface area contributed by atoms with E-state index in [0.29, 0.717) is 34.8 Å². The van der Waals surface area contributed by atoms with Crippen LogP contribution in [0.4, 0.5) is 5.69 Å². The Labute approximate surface area is 147 Å². The van der Waals surface area contributed by atoms with Gasteiger partial charge >= 0.3 is 5.76 Å². The first-order valence-electron chi connectivity index (χ1n) is 8.13. The first kappa shape index (κ1) is 16.1. The summed E-state index contributed by atoms with van der Waals surface area (Å²) in [5.74, 6) is -0.544. The molecule has 2 aromatic heterocycles.